The van der Waals surface area contributed by atoms with Gasteiger partial charge in [-0.25, -0.2) is 0 Å². The number of pyridine rings is 1. The Balaban J connectivity index is 2.14. The molecule has 0 N–H and O–H groups in total. The summed E-state index contributed by atoms with van der Waals surface area (Å²) < 4.78 is 6.19. The van der Waals surface area contributed by atoms with Crippen LogP contribution in [0.1, 0.15) is 17.2 Å². The van der Waals surface area contributed by atoms with E-state index in [1.54, 1.807) is 19.5 Å². The number of rotatable bonds is 5. The van der Waals surface area contributed by atoms with Crippen molar-refractivity contribution in [2.75, 3.05) is 7.11 Å². The van der Waals surface area contributed by atoms with E-state index in [1.165, 1.54) is 0 Å². The van der Waals surface area contributed by atoms with Crippen LogP contribution in [0.4, 0.5) is 0 Å². The largest absolute Gasteiger partial charge is 0.369 e. The molecule has 98 valence electrons. The summed E-state index contributed by atoms with van der Waals surface area (Å²) >= 11 is 3.35. The molecule has 1 unspecified atom stereocenters. The Hall–Kier alpha value is -1.52. The van der Waals surface area contributed by atoms with E-state index in [0.29, 0.717) is 6.42 Å². The number of aromatic nitrogens is 1. The molecule has 0 aliphatic carbocycles. The average Bonchev–Trinajstić information content (AvgIpc) is 2.41. The molecule has 0 bridgehead atoms. The molecule has 1 aromatic heterocycles. The first kappa shape index (κ1) is 13.9. The van der Waals surface area contributed by atoms with Crippen molar-refractivity contribution in [3.05, 3.63) is 64.4 Å². The van der Waals surface area contributed by atoms with E-state index >= 15 is 0 Å². The standard InChI is InChI=1S/C15H14BrNO2/c1-19-15(12-5-3-2-4-6-12)14(18)8-11-7-13(16)10-17-9-11/h2-7,9-10,15H,8H2,1H3. The molecule has 0 saturated heterocycles. The summed E-state index contributed by atoms with van der Waals surface area (Å²) in [6, 6.07) is 11.4. The molecule has 2 rings (SSSR count). The number of hydrogen-bond acceptors (Lipinski definition) is 3. The van der Waals surface area contributed by atoms with Crippen molar-refractivity contribution in [3.8, 4) is 0 Å². The van der Waals surface area contributed by atoms with E-state index < -0.39 is 6.10 Å². The van der Waals surface area contributed by atoms with Crippen molar-refractivity contribution >= 4 is 21.7 Å². The Morgan fingerprint density at radius 3 is 2.68 bits per heavy atom. The minimum atomic E-state index is -0.528. The van der Waals surface area contributed by atoms with Gasteiger partial charge in [-0.2, -0.15) is 0 Å². The van der Waals surface area contributed by atoms with Gasteiger partial charge < -0.3 is 4.74 Å². The molecule has 4 heteroatoms. The van der Waals surface area contributed by atoms with Crippen molar-refractivity contribution in [2.45, 2.75) is 12.5 Å². The number of hydrogen-bond donors (Lipinski definition) is 0. The Labute approximate surface area is 120 Å². The zero-order valence-corrected chi connectivity index (χ0v) is 12.1. The summed E-state index contributed by atoms with van der Waals surface area (Å²) in [6.07, 6.45) is 3.17. The van der Waals surface area contributed by atoms with E-state index in [0.717, 1.165) is 15.6 Å². The number of carbonyl (C=O) groups is 1. The molecule has 0 fully saturated rings. The zero-order chi connectivity index (χ0) is 13.7. The van der Waals surface area contributed by atoms with Crippen LogP contribution in [0.15, 0.2) is 53.3 Å². The van der Waals surface area contributed by atoms with Crippen LogP contribution in [-0.2, 0) is 16.0 Å². The van der Waals surface area contributed by atoms with Crippen LogP contribution >= 0.6 is 15.9 Å². The van der Waals surface area contributed by atoms with Crippen molar-refractivity contribution in [2.24, 2.45) is 0 Å². The van der Waals surface area contributed by atoms with Crippen LogP contribution in [0.25, 0.3) is 0 Å². The molecule has 2 aromatic rings. The van der Waals surface area contributed by atoms with Gasteiger partial charge in [-0.05, 0) is 33.1 Å². The molecule has 0 aliphatic rings. The van der Waals surface area contributed by atoms with Gasteiger partial charge in [-0.1, -0.05) is 30.3 Å². The predicted octanol–water partition coefficient (Wildman–Crippen LogP) is 3.34. The maximum atomic E-state index is 12.3. The van der Waals surface area contributed by atoms with Crippen molar-refractivity contribution in [3.63, 3.8) is 0 Å². The zero-order valence-electron chi connectivity index (χ0n) is 10.5. The summed E-state index contributed by atoms with van der Waals surface area (Å²) in [7, 11) is 1.55. The Kier molecular flexibility index (Phi) is 4.82. The first-order valence-electron chi connectivity index (χ1n) is 5.90. The third kappa shape index (κ3) is 3.72. The fraction of sp³-hybridized carbons (Fsp3) is 0.200. The van der Waals surface area contributed by atoms with Gasteiger partial charge >= 0.3 is 0 Å². The summed E-state index contributed by atoms with van der Waals surface area (Å²) in [5.74, 6) is 0.0219. The lowest BCUT2D eigenvalue weighted by Gasteiger charge is -2.14. The molecule has 19 heavy (non-hydrogen) atoms. The highest BCUT2D eigenvalue weighted by Crippen LogP contribution is 2.20. The highest BCUT2D eigenvalue weighted by Gasteiger charge is 2.19. The van der Waals surface area contributed by atoms with Gasteiger partial charge in [0.15, 0.2) is 5.78 Å². The van der Waals surface area contributed by atoms with Gasteiger partial charge in [0, 0.05) is 30.4 Å². The fourth-order valence-corrected chi connectivity index (χ4v) is 2.34. The van der Waals surface area contributed by atoms with Gasteiger partial charge in [-0.15, -0.1) is 0 Å². The van der Waals surface area contributed by atoms with Gasteiger partial charge in [0.2, 0.25) is 0 Å². The van der Waals surface area contributed by atoms with Gasteiger partial charge in [0.25, 0.3) is 0 Å². The molecule has 0 radical (unpaired) electrons. The smallest absolute Gasteiger partial charge is 0.170 e. The fourth-order valence-electron chi connectivity index (χ4n) is 1.93. The lowest BCUT2D eigenvalue weighted by atomic mass is 10.0. The normalized spacial score (nSPS) is 12.1. The highest BCUT2D eigenvalue weighted by atomic mass is 79.9. The number of benzene rings is 1. The van der Waals surface area contributed by atoms with E-state index in [2.05, 4.69) is 20.9 Å². The molecule has 1 aromatic carbocycles. The van der Waals surface area contributed by atoms with E-state index in [-0.39, 0.29) is 5.78 Å². The first-order valence-corrected chi connectivity index (χ1v) is 6.70. The molecule has 0 aliphatic heterocycles. The number of halogens is 1. The highest BCUT2D eigenvalue weighted by molar-refractivity contribution is 9.10. The molecular weight excluding hydrogens is 306 g/mol. The van der Waals surface area contributed by atoms with E-state index in [1.807, 2.05) is 36.4 Å². The molecule has 0 amide bonds. The van der Waals surface area contributed by atoms with Gasteiger partial charge in [0.1, 0.15) is 6.10 Å². The third-order valence-electron chi connectivity index (χ3n) is 2.77. The lowest BCUT2D eigenvalue weighted by molar-refractivity contribution is -0.128. The molecule has 3 nitrogen and oxygen atoms in total. The monoisotopic (exact) mass is 319 g/mol. The van der Waals surface area contributed by atoms with Crippen LogP contribution in [0.3, 0.4) is 0 Å². The molecule has 0 saturated carbocycles. The van der Waals surface area contributed by atoms with Crippen LogP contribution in [0.5, 0.6) is 0 Å². The Bertz CT molecular complexity index is 557. The second kappa shape index (κ2) is 6.59. The van der Waals surface area contributed by atoms with E-state index in [4.69, 9.17) is 4.74 Å². The number of methoxy groups -OCH3 is 1. The summed E-state index contributed by atoms with van der Waals surface area (Å²) in [4.78, 5) is 16.3. The number of carbonyl (C=O) groups excluding carboxylic acids is 1. The molecule has 1 atom stereocenters. The lowest BCUT2D eigenvalue weighted by Crippen LogP contribution is -2.17. The average molecular weight is 320 g/mol. The summed E-state index contributed by atoms with van der Waals surface area (Å²) in [5, 5.41) is 0. The van der Waals surface area contributed by atoms with Gasteiger partial charge in [0.05, 0.1) is 0 Å². The van der Waals surface area contributed by atoms with Crippen molar-refractivity contribution in [1.82, 2.24) is 4.98 Å². The third-order valence-corrected chi connectivity index (χ3v) is 3.20. The molecule has 0 spiro atoms. The number of Topliss-reactive ketones (excluding diaryl/α,β-unsaturated/α-hetero) is 1. The van der Waals surface area contributed by atoms with Crippen molar-refractivity contribution in [1.29, 1.82) is 0 Å². The first-order chi connectivity index (χ1) is 9.20. The minimum Gasteiger partial charge on any atom is -0.369 e. The van der Waals surface area contributed by atoms with Crippen LogP contribution in [0.2, 0.25) is 0 Å². The maximum absolute atomic E-state index is 12.3. The Morgan fingerprint density at radius 2 is 2.05 bits per heavy atom. The van der Waals surface area contributed by atoms with Gasteiger partial charge in [-0.3, -0.25) is 9.78 Å². The van der Waals surface area contributed by atoms with E-state index in [9.17, 15) is 4.79 Å². The molecular formula is C15H14BrNO2. The summed E-state index contributed by atoms with van der Waals surface area (Å²) in [6.45, 7) is 0. The maximum Gasteiger partial charge on any atom is 0.170 e. The topological polar surface area (TPSA) is 39.2 Å². The molecule has 1 heterocycles. The summed E-state index contributed by atoms with van der Waals surface area (Å²) in [5.41, 5.74) is 1.75. The second-order valence-corrected chi connectivity index (χ2v) is 5.10. The second-order valence-electron chi connectivity index (χ2n) is 4.18. The predicted molar refractivity (Wildman–Crippen MR) is 76.8 cm³/mol. The Morgan fingerprint density at radius 1 is 1.32 bits per heavy atom. The van der Waals surface area contributed by atoms with Crippen LogP contribution in [-0.4, -0.2) is 17.9 Å². The quantitative estimate of drug-likeness (QED) is 0.848. The minimum absolute atomic E-state index is 0.0219. The number of ketones is 1. The van der Waals surface area contributed by atoms with Crippen LogP contribution < -0.4 is 0 Å². The number of nitrogens with zero attached hydrogens (tertiary/aromatic N) is 1. The number of ether oxygens (including phenoxy) is 1. The van der Waals surface area contributed by atoms with Crippen molar-refractivity contribution < 1.29 is 9.53 Å². The SMILES string of the molecule is COC(C(=O)Cc1cncc(Br)c1)c1ccccc1. The van der Waals surface area contributed by atoms with Crippen LogP contribution in [0, 0.1) is 0 Å².